The van der Waals surface area contributed by atoms with Gasteiger partial charge in [-0.2, -0.15) is 5.10 Å². The van der Waals surface area contributed by atoms with Crippen LogP contribution in [-0.4, -0.2) is 10.2 Å². The highest BCUT2D eigenvalue weighted by Crippen LogP contribution is 2.27. The van der Waals surface area contributed by atoms with Crippen molar-refractivity contribution in [2.45, 2.75) is 13.8 Å². The molecule has 84 valence electrons. The lowest BCUT2D eigenvalue weighted by molar-refractivity contribution is 1.12. The van der Waals surface area contributed by atoms with Crippen LogP contribution in [0.2, 0.25) is 0 Å². The van der Waals surface area contributed by atoms with Gasteiger partial charge >= 0.3 is 0 Å². The zero-order chi connectivity index (χ0) is 11.8. The van der Waals surface area contributed by atoms with Gasteiger partial charge in [0.1, 0.15) is 0 Å². The Balaban J connectivity index is 2.24. The van der Waals surface area contributed by atoms with E-state index in [2.05, 4.69) is 48.3 Å². The van der Waals surface area contributed by atoms with Crippen LogP contribution in [0.1, 0.15) is 11.1 Å². The predicted octanol–water partition coefficient (Wildman–Crippen LogP) is 3.85. The number of aryl methyl sites for hydroxylation is 2. The number of aromatic nitrogens is 2. The molecule has 3 aromatic rings. The molecule has 0 radical (unpaired) electrons. The van der Waals surface area contributed by atoms with Crippen molar-refractivity contribution in [2.75, 3.05) is 0 Å². The van der Waals surface area contributed by atoms with Gasteiger partial charge in [0.15, 0.2) is 0 Å². The van der Waals surface area contributed by atoms with Crippen LogP contribution in [0.15, 0.2) is 42.5 Å². The molecule has 17 heavy (non-hydrogen) atoms. The third-order valence-corrected chi connectivity index (χ3v) is 3.25. The maximum absolute atomic E-state index is 4.41. The van der Waals surface area contributed by atoms with Crippen molar-refractivity contribution in [1.82, 2.24) is 10.2 Å². The smallest absolute Gasteiger partial charge is 0.0999 e. The van der Waals surface area contributed by atoms with Crippen molar-refractivity contribution < 1.29 is 0 Å². The largest absolute Gasteiger partial charge is 0.277 e. The molecule has 0 aliphatic heterocycles. The molecule has 2 aromatic carbocycles. The number of benzene rings is 2. The maximum Gasteiger partial charge on any atom is 0.0999 e. The van der Waals surface area contributed by atoms with E-state index < -0.39 is 0 Å². The third kappa shape index (κ3) is 1.62. The molecule has 0 fully saturated rings. The van der Waals surface area contributed by atoms with E-state index in [1.165, 1.54) is 22.1 Å². The van der Waals surface area contributed by atoms with Gasteiger partial charge in [0, 0.05) is 10.9 Å². The number of nitrogens with zero attached hydrogens (tertiary/aromatic N) is 1. The van der Waals surface area contributed by atoms with E-state index in [1.807, 2.05) is 18.2 Å². The van der Waals surface area contributed by atoms with Crippen molar-refractivity contribution in [3.8, 4) is 11.3 Å². The summed E-state index contributed by atoms with van der Waals surface area (Å²) in [6, 6.07) is 14.7. The van der Waals surface area contributed by atoms with Crippen molar-refractivity contribution >= 4 is 10.9 Å². The van der Waals surface area contributed by atoms with E-state index in [9.17, 15) is 0 Å². The number of para-hydroxylation sites is 1. The molecular weight excluding hydrogens is 208 g/mol. The minimum absolute atomic E-state index is 1.03. The second-order valence-corrected chi connectivity index (χ2v) is 4.42. The van der Waals surface area contributed by atoms with Crippen molar-refractivity contribution in [1.29, 1.82) is 0 Å². The fraction of sp³-hybridized carbons (Fsp3) is 0.133. The molecule has 0 saturated carbocycles. The van der Waals surface area contributed by atoms with Crippen LogP contribution in [0.5, 0.6) is 0 Å². The standard InChI is InChI=1S/C15H14N2/c1-10-7-8-12(9-11(10)2)15-13-5-3-4-6-14(13)16-17-15/h3-9H,1-2H3,(H,16,17). The molecule has 0 saturated heterocycles. The summed E-state index contributed by atoms with van der Waals surface area (Å²) in [6.07, 6.45) is 0. The first-order valence-corrected chi connectivity index (χ1v) is 5.76. The van der Waals surface area contributed by atoms with E-state index in [0.717, 1.165) is 11.2 Å². The van der Waals surface area contributed by atoms with Crippen LogP contribution in [0.4, 0.5) is 0 Å². The lowest BCUT2D eigenvalue weighted by atomic mass is 10.0. The van der Waals surface area contributed by atoms with Crippen LogP contribution in [0.25, 0.3) is 22.2 Å². The average molecular weight is 222 g/mol. The monoisotopic (exact) mass is 222 g/mol. The summed E-state index contributed by atoms with van der Waals surface area (Å²) in [5, 5.41) is 8.66. The Kier molecular flexibility index (Phi) is 2.22. The first-order valence-electron chi connectivity index (χ1n) is 5.76. The summed E-state index contributed by atoms with van der Waals surface area (Å²) < 4.78 is 0. The lowest BCUT2D eigenvalue weighted by Gasteiger charge is -2.03. The number of nitrogens with one attached hydrogen (secondary N) is 1. The highest BCUT2D eigenvalue weighted by molar-refractivity contribution is 5.92. The quantitative estimate of drug-likeness (QED) is 0.665. The Labute approximate surface area is 100 Å². The van der Waals surface area contributed by atoms with Gasteiger partial charge in [-0.25, -0.2) is 0 Å². The Morgan fingerprint density at radius 3 is 2.59 bits per heavy atom. The molecule has 0 amide bonds. The molecule has 3 rings (SSSR count). The first kappa shape index (κ1) is 10.1. The molecular formula is C15H14N2. The molecule has 2 heteroatoms. The molecule has 0 spiro atoms. The normalized spacial score (nSPS) is 10.9. The molecule has 0 aliphatic rings. The first-order chi connectivity index (χ1) is 8.25. The lowest BCUT2D eigenvalue weighted by Crippen LogP contribution is -1.84. The fourth-order valence-electron chi connectivity index (χ4n) is 2.07. The number of hydrogen-bond acceptors (Lipinski definition) is 1. The summed E-state index contributed by atoms with van der Waals surface area (Å²) in [5.74, 6) is 0. The summed E-state index contributed by atoms with van der Waals surface area (Å²) in [4.78, 5) is 0. The van der Waals surface area contributed by atoms with Crippen LogP contribution in [-0.2, 0) is 0 Å². The number of fused-ring (bicyclic) bond motifs is 1. The Bertz CT molecular complexity index is 680. The topological polar surface area (TPSA) is 28.7 Å². The summed E-state index contributed by atoms with van der Waals surface area (Å²) in [7, 11) is 0. The van der Waals surface area contributed by atoms with Gasteiger partial charge in [-0.05, 0) is 37.1 Å². The van der Waals surface area contributed by atoms with Gasteiger partial charge in [-0.15, -0.1) is 0 Å². The zero-order valence-corrected chi connectivity index (χ0v) is 9.99. The Morgan fingerprint density at radius 1 is 0.941 bits per heavy atom. The number of aromatic amines is 1. The van der Waals surface area contributed by atoms with Crippen LogP contribution < -0.4 is 0 Å². The van der Waals surface area contributed by atoms with Crippen molar-refractivity contribution in [3.05, 3.63) is 53.6 Å². The maximum atomic E-state index is 4.41. The highest BCUT2D eigenvalue weighted by Gasteiger charge is 2.07. The second kappa shape index (κ2) is 3.74. The molecule has 1 N–H and O–H groups in total. The average Bonchev–Trinajstić information content (AvgIpc) is 2.76. The molecule has 0 atom stereocenters. The Morgan fingerprint density at radius 2 is 1.76 bits per heavy atom. The van der Waals surface area contributed by atoms with Crippen LogP contribution in [0, 0.1) is 13.8 Å². The zero-order valence-electron chi connectivity index (χ0n) is 9.99. The molecule has 0 unspecified atom stereocenters. The van der Waals surface area contributed by atoms with Gasteiger partial charge in [0.25, 0.3) is 0 Å². The minimum atomic E-state index is 1.03. The van der Waals surface area contributed by atoms with Gasteiger partial charge in [-0.1, -0.05) is 30.3 Å². The number of hydrogen-bond donors (Lipinski definition) is 1. The Hall–Kier alpha value is -2.09. The van der Waals surface area contributed by atoms with Gasteiger partial charge in [0.05, 0.1) is 11.2 Å². The van der Waals surface area contributed by atoms with Crippen LogP contribution >= 0.6 is 0 Å². The van der Waals surface area contributed by atoms with E-state index >= 15 is 0 Å². The molecule has 0 bridgehead atoms. The second-order valence-electron chi connectivity index (χ2n) is 4.42. The van der Waals surface area contributed by atoms with E-state index in [-0.39, 0.29) is 0 Å². The molecule has 1 aromatic heterocycles. The number of H-pyrrole nitrogens is 1. The van der Waals surface area contributed by atoms with Gasteiger partial charge in [0.2, 0.25) is 0 Å². The van der Waals surface area contributed by atoms with Gasteiger partial charge < -0.3 is 0 Å². The van der Waals surface area contributed by atoms with Gasteiger partial charge in [-0.3, -0.25) is 5.10 Å². The van der Waals surface area contributed by atoms with Crippen LogP contribution in [0.3, 0.4) is 0 Å². The summed E-state index contributed by atoms with van der Waals surface area (Å²) >= 11 is 0. The molecule has 1 heterocycles. The summed E-state index contributed by atoms with van der Waals surface area (Å²) in [6.45, 7) is 4.26. The molecule has 0 aliphatic carbocycles. The van der Waals surface area contributed by atoms with E-state index in [0.29, 0.717) is 0 Å². The molecule has 2 nitrogen and oxygen atoms in total. The minimum Gasteiger partial charge on any atom is -0.277 e. The van der Waals surface area contributed by atoms with E-state index in [1.54, 1.807) is 0 Å². The SMILES string of the molecule is Cc1ccc(-c2n[nH]c3ccccc23)cc1C. The van der Waals surface area contributed by atoms with Crippen molar-refractivity contribution in [2.24, 2.45) is 0 Å². The number of rotatable bonds is 1. The van der Waals surface area contributed by atoms with Crippen molar-refractivity contribution in [3.63, 3.8) is 0 Å². The van der Waals surface area contributed by atoms with E-state index in [4.69, 9.17) is 0 Å². The fourth-order valence-corrected chi connectivity index (χ4v) is 2.07. The third-order valence-electron chi connectivity index (χ3n) is 3.25. The predicted molar refractivity (Wildman–Crippen MR) is 71.0 cm³/mol. The summed E-state index contributed by atoms with van der Waals surface area (Å²) in [5.41, 5.74) is 5.90. The highest BCUT2D eigenvalue weighted by atomic mass is 15.1.